The number of likely N-dealkylation sites (tertiary alicyclic amines) is 1. The van der Waals surface area contributed by atoms with Crippen LogP contribution in [-0.4, -0.2) is 56.8 Å². The number of fused-ring (bicyclic) bond motifs is 1. The van der Waals surface area contributed by atoms with Crippen LogP contribution in [0.15, 0.2) is 18.2 Å². The summed E-state index contributed by atoms with van der Waals surface area (Å²) in [4.78, 5) is 28.1. The fraction of sp³-hybridized carbons (Fsp3) is 0.579. The fourth-order valence-corrected chi connectivity index (χ4v) is 3.58. The zero-order valence-electron chi connectivity index (χ0n) is 15.5. The van der Waals surface area contributed by atoms with E-state index in [1.807, 2.05) is 11.0 Å². The molecule has 26 heavy (non-hydrogen) atoms. The number of urea groups is 1. The Kier molecular flexibility index (Phi) is 5.98. The minimum atomic E-state index is -0.102. The monoisotopic (exact) mass is 361 g/mol. The largest absolute Gasteiger partial charge is 0.482 e. The number of carbonyl (C=O) groups excluding carboxylic acids is 2. The number of ether oxygens (including phenoxy) is 2. The third-order valence-corrected chi connectivity index (χ3v) is 5.07. The van der Waals surface area contributed by atoms with Gasteiger partial charge in [0.2, 0.25) is 0 Å². The predicted molar refractivity (Wildman–Crippen MR) is 99.8 cm³/mol. The summed E-state index contributed by atoms with van der Waals surface area (Å²) in [6.07, 6.45) is 5.13. The van der Waals surface area contributed by atoms with E-state index < -0.39 is 0 Å². The molecule has 7 heteroatoms. The van der Waals surface area contributed by atoms with Crippen molar-refractivity contribution < 1.29 is 19.1 Å². The summed E-state index contributed by atoms with van der Waals surface area (Å²) in [5.74, 6) is 0.552. The lowest BCUT2D eigenvalue weighted by Crippen LogP contribution is -2.46. The molecule has 1 saturated heterocycles. The number of piperidine rings is 1. The van der Waals surface area contributed by atoms with Gasteiger partial charge in [-0.3, -0.25) is 4.79 Å². The maximum Gasteiger partial charge on any atom is 0.322 e. The molecule has 2 aliphatic rings. The third-order valence-electron chi connectivity index (χ3n) is 5.07. The molecule has 142 valence electrons. The van der Waals surface area contributed by atoms with E-state index in [0.717, 1.165) is 45.3 Å². The summed E-state index contributed by atoms with van der Waals surface area (Å²) in [7, 11) is 3.42. The molecule has 1 N–H and O–H groups in total. The smallest absolute Gasteiger partial charge is 0.322 e. The highest BCUT2D eigenvalue weighted by atomic mass is 16.5. The number of anilines is 2. The Bertz CT molecular complexity index is 664. The number of benzene rings is 1. The Morgan fingerprint density at radius 2 is 2.23 bits per heavy atom. The van der Waals surface area contributed by atoms with E-state index in [4.69, 9.17) is 9.47 Å². The molecule has 1 aromatic rings. The molecule has 1 aromatic carbocycles. The Balaban J connectivity index is 1.67. The van der Waals surface area contributed by atoms with E-state index in [1.54, 1.807) is 31.2 Å². The zero-order chi connectivity index (χ0) is 18.5. The van der Waals surface area contributed by atoms with Crippen LogP contribution < -0.4 is 15.0 Å². The van der Waals surface area contributed by atoms with Crippen LogP contribution in [0, 0.1) is 0 Å². The van der Waals surface area contributed by atoms with Crippen LogP contribution in [0.1, 0.15) is 32.1 Å². The SMILES string of the molecule is COCCC[C@@H]1CCCCN1C(=O)Nc1ccc2c(c1)N(C)C(=O)CO2. The van der Waals surface area contributed by atoms with Crippen LogP contribution in [-0.2, 0) is 9.53 Å². The summed E-state index contributed by atoms with van der Waals surface area (Å²) in [6, 6.07) is 5.56. The van der Waals surface area contributed by atoms with Crippen LogP contribution in [0.25, 0.3) is 0 Å². The molecule has 0 saturated carbocycles. The molecule has 0 aromatic heterocycles. The van der Waals surface area contributed by atoms with Crippen LogP contribution in [0.3, 0.4) is 0 Å². The number of carbonyl (C=O) groups is 2. The molecular formula is C19H27N3O4. The molecule has 0 bridgehead atoms. The first kappa shape index (κ1) is 18.5. The van der Waals surface area contributed by atoms with E-state index in [-0.39, 0.29) is 24.6 Å². The van der Waals surface area contributed by atoms with E-state index in [1.165, 1.54) is 0 Å². The summed E-state index contributed by atoms with van der Waals surface area (Å²) >= 11 is 0. The molecule has 3 rings (SSSR count). The number of nitrogens with zero attached hydrogens (tertiary/aromatic N) is 2. The Morgan fingerprint density at radius 1 is 1.38 bits per heavy atom. The number of nitrogens with one attached hydrogen (secondary N) is 1. The fourth-order valence-electron chi connectivity index (χ4n) is 3.58. The Hall–Kier alpha value is -2.28. The highest BCUT2D eigenvalue weighted by molar-refractivity contribution is 5.99. The average Bonchev–Trinajstić information content (AvgIpc) is 2.66. The topological polar surface area (TPSA) is 71.1 Å². The van der Waals surface area contributed by atoms with Gasteiger partial charge in [-0.15, -0.1) is 0 Å². The first-order chi connectivity index (χ1) is 12.6. The number of hydrogen-bond donors (Lipinski definition) is 1. The first-order valence-electron chi connectivity index (χ1n) is 9.20. The van der Waals surface area contributed by atoms with Crippen molar-refractivity contribution in [2.45, 2.75) is 38.1 Å². The van der Waals surface area contributed by atoms with Crippen molar-refractivity contribution in [1.82, 2.24) is 4.90 Å². The van der Waals surface area contributed by atoms with E-state index in [0.29, 0.717) is 17.1 Å². The normalized spacial score (nSPS) is 19.8. The van der Waals surface area contributed by atoms with Gasteiger partial charge in [0.05, 0.1) is 5.69 Å². The van der Waals surface area contributed by atoms with Crippen LogP contribution >= 0.6 is 0 Å². The minimum absolute atomic E-state index is 0.0478. The first-order valence-corrected chi connectivity index (χ1v) is 9.20. The van der Waals surface area contributed by atoms with Gasteiger partial charge in [-0.2, -0.15) is 0 Å². The maximum atomic E-state index is 12.8. The molecule has 3 amide bonds. The van der Waals surface area contributed by atoms with Crippen LogP contribution in [0.5, 0.6) is 5.75 Å². The van der Waals surface area contributed by atoms with Crippen molar-refractivity contribution in [2.24, 2.45) is 0 Å². The van der Waals surface area contributed by atoms with Crippen LogP contribution in [0.2, 0.25) is 0 Å². The van der Waals surface area contributed by atoms with Gasteiger partial charge >= 0.3 is 6.03 Å². The van der Waals surface area contributed by atoms with E-state index >= 15 is 0 Å². The number of hydrogen-bond acceptors (Lipinski definition) is 4. The number of rotatable bonds is 5. The van der Waals surface area contributed by atoms with Gasteiger partial charge in [0.15, 0.2) is 6.61 Å². The molecule has 0 aliphatic carbocycles. The molecule has 2 aliphatic heterocycles. The highest BCUT2D eigenvalue weighted by Crippen LogP contribution is 2.34. The van der Waals surface area contributed by atoms with Gasteiger partial charge in [0, 0.05) is 39.0 Å². The summed E-state index contributed by atoms with van der Waals surface area (Å²) in [5, 5.41) is 2.98. The molecule has 0 unspecified atom stereocenters. The van der Waals surface area contributed by atoms with Crippen molar-refractivity contribution in [1.29, 1.82) is 0 Å². The maximum absolute atomic E-state index is 12.8. The second-order valence-electron chi connectivity index (χ2n) is 6.83. The van der Waals surface area contributed by atoms with Crippen molar-refractivity contribution >= 4 is 23.3 Å². The molecule has 0 spiro atoms. The third kappa shape index (κ3) is 4.09. The van der Waals surface area contributed by atoms with Gasteiger partial charge < -0.3 is 24.6 Å². The van der Waals surface area contributed by atoms with E-state index in [2.05, 4.69) is 5.32 Å². The second kappa shape index (κ2) is 8.40. The lowest BCUT2D eigenvalue weighted by Gasteiger charge is -2.36. The standard InChI is InChI=1S/C19H27N3O4/c1-21-16-12-14(8-9-17(16)26-13-18(21)23)20-19(24)22-10-4-3-6-15(22)7-5-11-25-2/h8-9,12,15H,3-7,10-11,13H2,1-2H3,(H,20,24)/t15-/m0/s1. The molecular weight excluding hydrogens is 334 g/mol. The zero-order valence-corrected chi connectivity index (χ0v) is 15.5. The summed E-state index contributed by atoms with van der Waals surface area (Å²) in [5.41, 5.74) is 1.34. The number of methoxy groups -OCH3 is 1. The van der Waals surface area contributed by atoms with Gasteiger partial charge in [-0.25, -0.2) is 4.79 Å². The second-order valence-corrected chi connectivity index (χ2v) is 6.83. The molecule has 7 nitrogen and oxygen atoms in total. The van der Waals surface area contributed by atoms with Gasteiger partial charge in [-0.1, -0.05) is 0 Å². The van der Waals surface area contributed by atoms with Crippen molar-refractivity contribution in [3.63, 3.8) is 0 Å². The van der Waals surface area contributed by atoms with Crippen LogP contribution in [0.4, 0.5) is 16.2 Å². The summed E-state index contributed by atoms with van der Waals surface area (Å²) in [6.45, 7) is 1.54. The Morgan fingerprint density at radius 3 is 3.04 bits per heavy atom. The Labute approximate surface area is 154 Å². The van der Waals surface area contributed by atoms with Crippen molar-refractivity contribution in [3.05, 3.63) is 18.2 Å². The average molecular weight is 361 g/mol. The number of amides is 3. The van der Waals surface area contributed by atoms with E-state index in [9.17, 15) is 9.59 Å². The molecule has 2 heterocycles. The van der Waals surface area contributed by atoms with Gasteiger partial charge in [0.1, 0.15) is 5.75 Å². The predicted octanol–water partition coefficient (Wildman–Crippen LogP) is 2.85. The molecule has 1 fully saturated rings. The lowest BCUT2D eigenvalue weighted by atomic mass is 9.98. The quantitative estimate of drug-likeness (QED) is 0.819. The van der Waals surface area contributed by atoms with Gasteiger partial charge in [-0.05, 0) is 50.3 Å². The highest BCUT2D eigenvalue weighted by Gasteiger charge is 2.27. The number of likely N-dealkylation sites (N-methyl/N-ethyl adjacent to an activating group) is 1. The van der Waals surface area contributed by atoms with Gasteiger partial charge in [0.25, 0.3) is 5.91 Å². The molecule has 1 atom stereocenters. The summed E-state index contributed by atoms with van der Waals surface area (Å²) < 4.78 is 10.6. The van der Waals surface area contributed by atoms with Crippen molar-refractivity contribution in [3.8, 4) is 5.75 Å². The van der Waals surface area contributed by atoms with Crippen molar-refractivity contribution in [2.75, 3.05) is 44.1 Å². The minimum Gasteiger partial charge on any atom is -0.482 e. The lowest BCUT2D eigenvalue weighted by molar-refractivity contribution is -0.120. The molecule has 0 radical (unpaired) electrons.